The predicted molar refractivity (Wildman–Crippen MR) is 96.0 cm³/mol. The van der Waals surface area contributed by atoms with Gasteiger partial charge in [-0.2, -0.15) is 0 Å². The van der Waals surface area contributed by atoms with E-state index in [0.29, 0.717) is 23.7 Å². The van der Waals surface area contributed by atoms with Crippen LogP contribution in [0, 0.1) is 0 Å². The highest BCUT2D eigenvalue weighted by atomic mass is 16.5. The van der Waals surface area contributed by atoms with E-state index >= 15 is 0 Å². The van der Waals surface area contributed by atoms with Crippen LogP contribution in [0.4, 0.5) is 0 Å². The van der Waals surface area contributed by atoms with Gasteiger partial charge in [-0.3, -0.25) is 4.79 Å². The SMILES string of the molecule is COc1ccc(OC)c(OC)c1CCC(=O)OC=Cc1ccccc1. The molecule has 0 aliphatic carbocycles. The van der Waals surface area contributed by atoms with Crippen LogP contribution in [-0.2, 0) is 16.0 Å². The molecule has 0 aliphatic rings. The van der Waals surface area contributed by atoms with E-state index in [1.165, 1.54) is 6.26 Å². The first-order valence-corrected chi connectivity index (χ1v) is 7.88. The Hall–Kier alpha value is -2.95. The normalized spacial score (nSPS) is 10.5. The van der Waals surface area contributed by atoms with Crippen molar-refractivity contribution in [2.75, 3.05) is 21.3 Å². The average molecular weight is 342 g/mol. The molecule has 5 heteroatoms. The second-order valence-corrected chi connectivity index (χ2v) is 5.19. The maximum atomic E-state index is 12.0. The summed E-state index contributed by atoms with van der Waals surface area (Å²) in [5.74, 6) is 1.47. The lowest BCUT2D eigenvalue weighted by Gasteiger charge is -2.15. The number of carbonyl (C=O) groups excluding carboxylic acids is 1. The highest BCUT2D eigenvalue weighted by Gasteiger charge is 2.17. The van der Waals surface area contributed by atoms with E-state index in [2.05, 4.69) is 0 Å². The minimum absolute atomic E-state index is 0.193. The van der Waals surface area contributed by atoms with Gasteiger partial charge >= 0.3 is 5.97 Å². The zero-order valence-electron chi connectivity index (χ0n) is 14.7. The Morgan fingerprint density at radius 2 is 1.60 bits per heavy atom. The summed E-state index contributed by atoms with van der Waals surface area (Å²) in [5, 5.41) is 0. The topological polar surface area (TPSA) is 54.0 Å². The second kappa shape index (κ2) is 9.37. The van der Waals surface area contributed by atoms with Gasteiger partial charge in [0.1, 0.15) is 5.75 Å². The Kier molecular flexibility index (Phi) is 6.89. The lowest BCUT2D eigenvalue weighted by atomic mass is 10.1. The van der Waals surface area contributed by atoms with Crippen molar-refractivity contribution in [1.82, 2.24) is 0 Å². The summed E-state index contributed by atoms with van der Waals surface area (Å²) in [6, 6.07) is 13.2. The van der Waals surface area contributed by atoms with Crippen molar-refractivity contribution in [2.24, 2.45) is 0 Å². The molecule has 2 aromatic carbocycles. The Bertz CT molecular complexity index is 722. The molecule has 0 aliphatic heterocycles. The lowest BCUT2D eigenvalue weighted by molar-refractivity contribution is -0.137. The Morgan fingerprint density at radius 1 is 0.920 bits per heavy atom. The smallest absolute Gasteiger partial charge is 0.310 e. The third kappa shape index (κ3) is 5.01. The van der Waals surface area contributed by atoms with Gasteiger partial charge in [0.15, 0.2) is 11.5 Å². The van der Waals surface area contributed by atoms with Crippen LogP contribution in [0.5, 0.6) is 17.2 Å². The number of benzene rings is 2. The molecule has 0 atom stereocenters. The molecule has 0 saturated heterocycles. The molecule has 0 unspecified atom stereocenters. The average Bonchev–Trinajstić information content (AvgIpc) is 2.66. The molecule has 0 heterocycles. The molecular weight excluding hydrogens is 320 g/mol. The van der Waals surface area contributed by atoms with Crippen molar-refractivity contribution in [3.05, 3.63) is 59.9 Å². The van der Waals surface area contributed by atoms with Crippen LogP contribution in [0.2, 0.25) is 0 Å². The summed E-state index contributed by atoms with van der Waals surface area (Å²) in [7, 11) is 4.70. The number of ether oxygens (including phenoxy) is 4. The van der Waals surface area contributed by atoms with Crippen LogP contribution in [-0.4, -0.2) is 27.3 Å². The third-order valence-corrected chi connectivity index (χ3v) is 3.66. The van der Waals surface area contributed by atoms with E-state index in [0.717, 1.165) is 11.1 Å². The number of hydrogen-bond donors (Lipinski definition) is 0. The predicted octanol–water partition coefficient (Wildman–Crippen LogP) is 3.86. The Balaban J connectivity index is 2.00. The second-order valence-electron chi connectivity index (χ2n) is 5.19. The lowest BCUT2D eigenvalue weighted by Crippen LogP contribution is -2.05. The fraction of sp³-hybridized carbons (Fsp3) is 0.250. The van der Waals surface area contributed by atoms with Crippen molar-refractivity contribution in [1.29, 1.82) is 0 Å². The van der Waals surface area contributed by atoms with Crippen LogP contribution < -0.4 is 14.2 Å². The number of hydrogen-bond acceptors (Lipinski definition) is 5. The first-order valence-electron chi connectivity index (χ1n) is 7.88. The fourth-order valence-electron chi connectivity index (χ4n) is 2.44. The molecule has 0 saturated carbocycles. The summed E-state index contributed by atoms with van der Waals surface area (Å²) in [4.78, 5) is 12.0. The molecule has 5 nitrogen and oxygen atoms in total. The van der Waals surface area contributed by atoms with Crippen molar-refractivity contribution in [3.8, 4) is 17.2 Å². The van der Waals surface area contributed by atoms with Gasteiger partial charge in [0.25, 0.3) is 0 Å². The van der Waals surface area contributed by atoms with E-state index in [4.69, 9.17) is 18.9 Å². The minimum Gasteiger partial charge on any atom is -0.496 e. The zero-order chi connectivity index (χ0) is 18.1. The molecule has 0 radical (unpaired) electrons. The zero-order valence-corrected chi connectivity index (χ0v) is 14.7. The Morgan fingerprint density at radius 3 is 2.24 bits per heavy atom. The molecule has 25 heavy (non-hydrogen) atoms. The summed E-state index contributed by atoms with van der Waals surface area (Å²) >= 11 is 0. The van der Waals surface area contributed by atoms with Gasteiger partial charge in [0.2, 0.25) is 0 Å². The van der Waals surface area contributed by atoms with Gasteiger partial charge in [0, 0.05) is 5.56 Å². The standard InChI is InChI=1S/C20H22O5/c1-22-17-10-11-18(23-2)20(24-3)16(17)9-12-19(21)25-14-13-15-7-5-4-6-8-15/h4-8,10-11,13-14H,9,12H2,1-3H3. The molecule has 0 N–H and O–H groups in total. The number of methoxy groups -OCH3 is 3. The van der Waals surface area contributed by atoms with E-state index in [-0.39, 0.29) is 12.4 Å². The van der Waals surface area contributed by atoms with Gasteiger partial charge in [0.05, 0.1) is 34.0 Å². The minimum atomic E-state index is -0.334. The van der Waals surface area contributed by atoms with E-state index in [9.17, 15) is 4.79 Å². The molecule has 2 aromatic rings. The van der Waals surface area contributed by atoms with Crippen molar-refractivity contribution in [3.63, 3.8) is 0 Å². The van der Waals surface area contributed by atoms with Crippen LogP contribution in [0.25, 0.3) is 6.08 Å². The molecule has 0 amide bonds. The van der Waals surface area contributed by atoms with Gasteiger partial charge in [-0.05, 0) is 30.2 Å². The van der Waals surface area contributed by atoms with Gasteiger partial charge in [-0.15, -0.1) is 0 Å². The molecular formula is C20H22O5. The molecule has 0 spiro atoms. The summed E-state index contributed by atoms with van der Waals surface area (Å²) < 4.78 is 21.2. The maximum Gasteiger partial charge on any atom is 0.310 e. The summed E-state index contributed by atoms with van der Waals surface area (Å²) in [5.41, 5.74) is 1.74. The highest BCUT2D eigenvalue weighted by Crippen LogP contribution is 2.38. The monoisotopic (exact) mass is 342 g/mol. The van der Waals surface area contributed by atoms with E-state index in [1.807, 2.05) is 30.3 Å². The summed E-state index contributed by atoms with van der Waals surface area (Å²) in [6.07, 6.45) is 3.75. The molecule has 132 valence electrons. The largest absolute Gasteiger partial charge is 0.496 e. The van der Waals surface area contributed by atoms with Crippen molar-refractivity contribution >= 4 is 12.0 Å². The number of rotatable bonds is 8. The number of esters is 1. The molecule has 0 fully saturated rings. The summed E-state index contributed by atoms with van der Waals surface area (Å²) in [6.45, 7) is 0. The van der Waals surface area contributed by atoms with Crippen molar-refractivity contribution in [2.45, 2.75) is 12.8 Å². The van der Waals surface area contributed by atoms with Crippen LogP contribution in [0.1, 0.15) is 17.5 Å². The van der Waals surface area contributed by atoms with Crippen LogP contribution >= 0.6 is 0 Å². The van der Waals surface area contributed by atoms with Gasteiger partial charge < -0.3 is 18.9 Å². The molecule has 0 bridgehead atoms. The van der Waals surface area contributed by atoms with Crippen LogP contribution in [0.15, 0.2) is 48.7 Å². The molecule has 2 rings (SSSR count). The highest BCUT2D eigenvalue weighted by molar-refractivity contribution is 5.71. The van der Waals surface area contributed by atoms with E-state index in [1.54, 1.807) is 39.5 Å². The number of carbonyl (C=O) groups is 1. The fourth-order valence-corrected chi connectivity index (χ4v) is 2.44. The third-order valence-electron chi connectivity index (χ3n) is 3.66. The Labute approximate surface area is 147 Å². The maximum absolute atomic E-state index is 12.0. The quantitative estimate of drug-likeness (QED) is 0.539. The van der Waals surface area contributed by atoms with Gasteiger partial charge in [-0.25, -0.2) is 0 Å². The van der Waals surface area contributed by atoms with Gasteiger partial charge in [-0.1, -0.05) is 30.3 Å². The van der Waals surface area contributed by atoms with E-state index < -0.39 is 0 Å². The van der Waals surface area contributed by atoms with Crippen LogP contribution in [0.3, 0.4) is 0 Å². The molecule has 0 aromatic heterocycles. The first-order chi connectivity index (χ1) is 12.2. The first kappa shape index (κ1) is 18.4. The van der Waals surface area contributed by atoms with Crippen molar-refractivity contribution < 1.29 is 23.7 Å².